The van der Waals surface area contributed by atoms with Crippen LogP contribution in [0, 0.1) is 5.82 Å². The van der Waals surface area contributed by atoms with Gasteiger partial charge in [0.05, 0.1) is 24.3 Å². The second-order valence-electron chi connectivity index (χ2n) is 6.22. The summed E-state index contributed by atoms with van der Waals surface area (Å²) in [6.45, 7) is 3.28. The van der Waals surface area contributed by atoms with Gasteiger partial charge in [-0.05, 0) is 18.6 Å². The number of aromatic nitrogens is 2. The van der Waals surface area contributed by atoms with Crippen molar-refractivity contribution in [2.45, 2.75) is 18.6 Å². The van der Waals surface area contributed by atoms with Gasteiger partial charge in [-0.25, -0.2) is 14.4 Å². The number of benzene rings is 1. The van der Waals surface area contributed by atoms with Crippen molar-refractivity contribution in [3.05, 3.63) is 59.8 Å². The molecular weight excluding hydrogens is 431 g/mol. The Morgan fingerprint density at radius 1 is 1.35 bits per heavy atom. The molecular formula is C20H22ClFN4O5. The molecule has 0 radical (unpaired) electrons. The minimum atomic E-state index is -1.03. The van der Waals surface area contributed by atoms with Gasteiger partial charge in [0.15, 0.2) is 12.3 Å². The summed E-state index contributed by atoms with van der Waals surface area (Å²) >= 11 is 5.59. The Morgan fingerprint density at radius 3 is 2.77 bits per heavy atom. The van der Waals surface area contributed by atoms with Gasteiger partial charge in [-0.2, -0.15) is 0 Å². The van der Waals surface area contributed by atoms with E-state index in [2.05, 4.69) is 27.2 Å². The number of halogens is 2. The lowest BCUT2D eigenvalue weighted by molar-refractivity contribution is -0.124. The fraction of sp³-hybridized carbons (Fsp3) is 0.300. The van der Waals surface area contributed by atoms with E-state index in [1.165, 1.54) is 37.7 Å². The summed E-state index contributed by atoms with van der Waals surface area (Å²) < 4.78 is 23.6. The zero-order chi connectivity index (χ0) is 22.8. The third-order valence-corrected chi connectivity index (χ3v) is 4.36. The summed E-state index contributed by atoms with van der Waals surface area (Å²) in [4.78, 5) is 32.0. The van der Waals surface area contributed by atoms with Gasteiger partial charge in [0.1, 0.15) is 11.6 Å². The highest BCUT2D eigenvalue weighted by Gasteiger charge is 2.20. The minimum Gasteiger partial charge on any atom is -0.484 e. The Labute approximate surface area is 183 Å². The summed E-state index contributed by atoms with van der Waals surface area (Å²) in [7, 11) is 1.37. The van der Waals surface area contributed by atoms with Crippen molar-refractivity contribution in [1.29, 1.82) is 0 Å². The topological polar surface area (TPSA) is 123 Å². The first-order valence-electron chi connectivity index (χ1n) is 9.16. The van der Waals surface area contributed by atoms with E-state index in [1.54, 1.807) is 0 Å². The van der Waals surface area contributed by atoms with E-state index in [0.717, 1.165) is 6.07 Å². The molecule has 0 spiro atoms. The lowest BCUT2D eigenvalue weighted by Crippen LogP contribution is -2.45. The Morgan fingerprint density at radius 2 is 2.10 bits per heavy atom. The first-order chi connectivity index (χ1) is 14.8. The van der Waals surface area contributed by atoms with Crippen LogP contribution in [-0.4, -0.2) is 59.3 Å². The molecule has 31 heavy (non-hydrogen) atoms. The van der Waals surface area contributed by atoms with Crippen LogP contribution >= 0.6 is 11.6 Å². The highest BCUT2D eigenvalue weighted by Crippen LogP contribution is 2.20. The summed E-state index contributed by atoms with van der Waals surface area (Å²) in [5, 5.41) is 15.4. The van der Waals surface area contributed by atoms with Crippen LogP contribution in [0.2, 0.25) is 5.02 Å². The molecule has 0 saturated carbocycles. The number of hydrogen-bond donors (Lipinski definition) is 3. The molecule has 2 atom stereocenters. The molecule has 2 rings (SSSR count). The van der Waals surface area contributed by atoms with Gasteiger partial charge in [-0.15, -0.1) is 6.58 Å². The third kappa shape index (κ3) is 7.19. The Hall–Kier alpha value is -3.24. The van der Waals surface area contributed by atoms with Crippen molar-refractivity contribution in [3.8, 4) is 11.6 Å². The van der Waals surface area contributed by atoms with E-state index in [-0.39, 0.29) is 35.3 Å². The monoisotopic (exact) mass is 452 g/mol. The molecule has 2 aromatic rings. The molecule has 9 nitrogen and oxygen atoms in total. The molecule has 1 aromatic carbocycles. The molecule has 0 aliphatic rings. The Kier molecular flexibility index (Phi) is 9.16. The highest BCUT2D eigenvalue weighted by molar-refractivity contribution is 6.30. The summed E-state index contributed by atoms with van der Waals surface area (Å²) in [6, 6.07) is 3.00. The van der Waals surface area contributed by atoms with Gasteiger partial charge in [-0.1, -0.05) is 17.7 Å². The summed E-state index contributed by atoms with van der Waals surface area (Å²) in [6.07, 6.45) is 3.20. The molecule has 0 fully saturated rings. The molecule has 3 N–H and O–H groups in total. The van der Waals surface area contributed by atoms with Crippen LogP contribution in [0.15, 0.2) is 43.2 Å². The van der Waals surface area contributed by atoms with Crippen molar-refractivity contribution >= 4 is 23.4 Å². The standard InChI is InChI=1S/C20H22ClFN4O5/c1-3-15(26-17(28)11-31-12-4-5-13(21)14(22)10-12)16(27)6-7-24-19(29)18-20(30-2)25-9-8-23-18/h3-5,8-10,15-16,27H,1,6-7,11H2,2H3,(H,24,29)(H,26,28). The number of methoxy groups -OCH3 is 1. The zero-order valence-corrected chi connectivity index (χ0v) is 17.4. The molecule has 0 aliphatic heterocycles. The predicted octanol–water partition coefficient (Wildman–Crippen LogP) is 1.51. The molecule has 2 unspecified atom stereocenters. The van der Waals surface area contributed by atoms with Crippen molar-refractivity contribution in [2.24, 2.45) is 0 Å². The zero-order valence-electron chi connectivity index (χ0n) is 16.7. The van der Waals surface area contributed by atoms with Crippen LogP contribution < -0.4 is 20.1 Å². The van der Waals surface area contributed by atoms with E-state index < -0.39 is 36.4 Å². The maximum absolute atomic E-state index is 13.4. The average molecular weight is 453 g/mol. The smallest absolute Gasteiger partial charge is 0.275 e. The lowest BCUT2D eigenvalue weighted by atomic mass is 10.1. The quantitative estimate of drug-likeness (QED) is 0.441. The molecule has 0 bridgehead atoms. The number of hydrogen-bond acceptors (Lipinski definition) is 7. The van der Waals surface area contributed by atoms with E-state index in [1.807, 2.05) is 0 Å². The molecule has 1 aromatic heterocycles. The van der Waals surface area contributed by atoms with Crippen LogP contribution in [0.5, 0.6) is 11.6 Å². The van der Waals surface area contributed by atoms with E-state index in [4.69, 9.17) is 21.1 Å². The number of aliphatic hydroxyl groups excluding tert-OH is 1. The second-order valence-corrected chi connectivity index (χ2v) is 6.63. The molecule has 2 amide bonds. The molecule has 166 valence electrons. The predicted molar refractivity (Wildman–Crippen MR) is 111 cm³/mol. The van der Waals surface area contributed by atoms with Gasteiger partial charge >= 0.3 is 0 Å². The number of carbonyl (C=O) groups is 2. The van der Waals surface area contributed by atoms with Crippen molar-refractivity contribution in [3.63, 3.8) is 0 Å². The number of carbonyl (C=O) groups excluding carboxylic acids is 2. The largest absolute Gasteiger partial charge is 0.484 e. The van der Waals surface area contributed by atoms with Crippen LogP contribution in [0.4, 0.5) is 4.39 Å². The van der Waals surface area contributed by atoms with E-state index >= 15 is 0 Å². The molecule has 0 aliphatic carbocycles. The van der Waals surface area contributed by atoms with Crippen LogP contribution in [0.1, 0.15) is 16.9 Å². The van der Waals surface area contributed by atoms with Crippen LogP contribution in [-0.2, 0) is 4.79 Å². The van der Waals surface area contributed by atoms with Gasteiger partial charge in [0.25, 0.3) is 11.8 Å². The average Bonchev–Trinajstić information content (AvgIpc) is 2.77. The number of rotatable bonds is 11. The number of ether oxygens (including phenoxy) is 2. The number of amides is 2. The van der Waals surface area contributed by atoms with E-state index in [0.29, 0.717) is 0 Å². The molecule has 11 heteroatoms. The minimum absolute atomic E-state index is 0.0175. The maximum Gasteiger partial charge on any atom is 0.275 e. The summed E-state index contributed by atoms with van der Waals surface area (Å²) in [5.41, 5.74) is 0.0175. The summed E-state index contributed by atoms with van der Waals surface area (Å²) in [5.74, 6) is -1.51. The SMILES string of the molecule is C=CC(NC(=O)COc1ccc(Cl)c(F)c1)C(O)CCNC(=O)c1nccnc1OC. The maximum atomic E-state index is 13.4. The van der Waals surface area contributed by atoms with Crippen molar-refractivity contribution in [2.75, 3.05) is 20.3 Å². The van der Waals surface area contributed by atoms with E-state index in [9.17, 15) is 19.1 Å². The normalized spacial score (nSPS) is 12.4. The van der Waals surface area contributed by atoms with Crippen LogP contribution in [0.25, 0.3) is 0 Å². The van der Waals surface area contributed by atoms with Gasteiger partial charge < -0.3 is 25.2 Å². The van der Waals surface area contributed by atoms with Crippen molar-refractivity contribution < 1.29 is 28.6 Å². The van der Waals surface area contributed by atoms with Gasteiger partial charge in [0.2, 0.25) is 5.88 Å². The lowest BCUT2D eigenvalue weighted by Gasteiger charge is -2.21. The third-order valence-electron chi connectivity index (χ3n) is 4.06. The molecule has 1 heterocycles. The fourth-order valence-corrected chi connectivity index (χ4v) is 2.60. The van der Waals surface area contributed by atoms with Crippen molar-refractivity contribution in [1.82, 2.24) is 20.6 Å². The molecule has 0 saturated heterocycles. The Balaban J connectivity index is 1.79. The first kappa shape index (κ1) is 24.0. The van der Waals surface area contributed by atoms with Gasteiger partial charge in [-0.3, -0.25) is 9.59 Å². The Bertz CT molecular complexity index is 930. The highest BCUT2D eigenvalue weighted by atomic mass is 35.5. The fourth-order valence-electron chi connectivity index (χ4n) is 2.48. The van der Waals surface area contributed by atoms with Gasteiger partial charge in [0, 0.05) is 25.0 Å². The number of nitrogens with one attached hydrogen (secondary N) is 2. The van der Waals surface area contributed by atoms with Crippen LogP contribution in [0.3, 0.4) is 0 Å². The first-order valence-corrected chi connectivity index (χ1v) is 9.54. The number of nitrogens with zero attached hydrogens (tertiary/aromatic N) is 2. The second kappa shape index (κ2) is 11.8. The number of aliphatic hydroxyl groups is 1.